The van der Waals surface area contributed by atoms with Crippen LogP contribution in [0.25, 0.3) is 6.08 Å². The summed E-state index contributed by atoms with van der Waals surface area (Å²) in [5.41, 5.74) is 1.80. The van der Waals surface area contributed by atoms with Gasteiger partial charge in [0, 0.05) is 4.47 Å². The van der Waals surface area contributed by atoms with Gasteiger partial charge < -0.3 is 9.47 Å². The summed E-state index contributed by atoms with van der Waals surface area (Å²) in [4.78, 5) is 37.9. The van der Waals surface area contributed by atoms with Crippen LogP contribution in [-0.2, 0) is 20.9 Å². The first-order valence-corrected chi connectivity index (χ1v) is 10.9. The van der Waals surface area contributed by atoms with Gasteiger partial charge in [-0.05, 0) is 67.1 Å². The van der Waals surface area contributed by atoms with Crippen molar-refractivity contribution in [2.45, 2.75) is 26.5 Å². The lowest BCUT2D eigenvalue weighted by Crippen LogP contribution is -2.42. The summed E-state index contributed by atoms with van der Waals surface area (Å²) in [7, 11) is 0. The van der Waals surface area contributed by atoms with Crippen LogP contribution in [0.3, 0.4) is 0 Å². The number of amides is 2. The number of rotatable bonds is 7. The first kappa shape index (κ1) is 22.1. The van der Waals surface area contributed by atoms with E-state index in [2.05, 4.69) is 15.9 Å². The molecular weight excluding hydrogens is 470 g/mol. The molecule has 0 unspecified atom stereocenters. The molecule has 3 rings (SSSR count). The zero-order chi connectivity index (χ0) is 21.7. The van der Waals surface area contributed by atoms with Crippen molar-refractivity contribution >= 4 is 50.9 Å². The second kappa shape index (κ2) is 9.95. The molecule has 2 aromatic rings. The molecule has 30 heavy (non-hydrogen) atoms. The molecule has 8 heteroatoms. The smallest absolute Gasteiger partial charge is 0.329 e. The number of ether oxygens (including phenoxy) is 2. The number of nitrogens with zero attached hydrogens (tertiary/aromatic N) is 1. The Balaban J connectivity index is 1.65. The van der Waals surface area contributed by atoms with Crippen molar-refractivity contribution in [2.75, 3.05) is 6.61 Å². The van der Waals surface area contributed by atoms with E-state index in [0.29, 0.717) is 12.4 Å². The van der Waals surface area contributed by atoms with Gasteiger partial charge in [0.1, 0.15) is 18.4 Å². The molecule has 0 aliphatic carbocycles. The second-order valence-electron chi connectivity index (χ2n) is 6.46. The summed E-state index contributed by atoms with van der Waals surface area (Å²) in [6.45, 7) is 3.78. The van der Waals surface area contributed by atoms with E-state index in [-0.39, 0.29) is 11.5 Å². The van der Waals surface area contributed by atoms with Crippen LogP contribution in [0.2, 0.25) is 0 Å². The average Bonchev–Trinajstić information content (AvgIpc) is 3.01. The van der Waals surface area contributed by atoms with E-state index < -0.39 is 23.2 Å². The van der Waals surface area contributed by atoms with E-state index in [0.717, 1.165) is 32.3 Å². The van der Waals surface area contributed by atoms with Crippen LogP contribution in [0.5, 0.6) is 5.75 Å². The second-order valence-corrected chi connectivity index (χ2v) is 8.37. The van der Waals surface area contributed by atoms with Crippen molar-refractivity contribution in [3.05, 3.63) is 69.0 Å². The maximum atomic E-state index is 12.6. The molecule has 1 saturated heterocycles. The van der Waals surface area contributed by atoms with Crippen LogP contribution in [0.4, 0.5) is 4.79 Å². The van der Waals surface area contributed by atoms with Crippen LogP contribution < -0.4 is 4.74 Å². The van der Waals surface area contributed by atoms with Crippen LogP contribution in [0, 0.1) is 0 Å². The molecule has 1 aliphatic rings. The number of thioether (sulfide) groups is 1. The molecule has 0 saturated carbocycles. The Kier molecular flexibility index (Phi) is 7.33. The lowest BCUT2D eigenvalue weighted by molar-refractivity contribution is -0.150. The van der Waals surface area contributed by atoms with Crippen molar-refractivity contribution in [1.29, 1.82) is 0 Å². The van der Waals surface area contributed by atoms with Crippen molar-refractivity contribution in [3.63, 3.8) is 0 Å². The lowest BCUT2D eigenvalue weighted by Gasteiger charge is -2.19. The van der Waals surface area contributed by atoms with Gasteiger partial charge in [-0.15, -0.1) is 0 Å². The van der Waals surface area contributed by atoms with E-state index in [9.17, 15) is 14.4 Å². The maximum absolute atomic E-state index is 12.6. The standard InChI is InChI=1S/C22H20BrNO5S/c1-3-28-21(26)14(2)24-20(25)19(30-22(24)27)12-15-6-10-18(11-7-15)29-13-16-4-8-17(23)9-5-16/h4-12,14H,3,13H2,1-2H3/b19-12+/t14-/m1/s1. The minimum Gasteiger partial charge on any atom is -0.489 e. The van der Waals surface area contributed by atoms with Gasteiger partial charge in [-0.2, -0.15) is 0 Å². The predicted octanol–water partition coefficient (Wildman–Crippen LogP) is 5.02. The van der Waals surface area contributed by atoms with Gasteiger partial charge in [-0.25, -0.2) is 4.79 Å². The molecule has 1 heterocycles. The zero-order valence-corrected chi connectivity index (χ0v) is 18.9. The number of carbonyl (C=O) groups is 3. The summed E-state index contributed by atoms with van der Waals surface area (Å²) in [6, 6.07) is 14.1. The Hall–Kier alpha value is -2.58. The topological polar surface area (TPSA) is 72.9 Å². The summed E-state index contributed by atoms with van der Waals surface area (Å²) < 4.78 is 11.7. The number of imide groups is 1. The fourth-order valence-electron chi connectivity index (χ4n) is 2.74. The third kappa shape index (κ3) is 5.31. The van der Waals surface area contributed by atoms with Gasteiger partial charge in [-0.3, -0.25) is 14.5 Å². The fraction of sp³-hybridized carbons (Fsp3) is 0.227. The third-order valence-electron chi connectivity index (χ3n) is 4.34. The summed E-state index contributed by atoms with van der Waals surface area (Å²) in [6.07, 6.45) is 1.63. The van der Waals surface area contributed by atoms with E-state index in [1.807, 2.05) is 24.3 Å². The van der Waals surface area contributed by atoms with Crippen molar-refractivity contribution in [1.82, 2.24) is 4.90 Å². The summed E-state index contributed by atoms with van der Waals surface area (Å²) in [5.74, 6) is -0.409. The normalized spacial score (nSPS) is 16.1. The van der Waals surface area contributed by atoms with Crippen LogP contribution in [0.15, 0.2) is 57.9 Å². The average molecular weight is 490 g/mol. The van der Waals surface area contributed by atoms with Crippen molar-refractivity contribution in [2.24, 2.45) is 0 Å². The Labute approximate surface area is 187 Å². The van der Waals surface area contributed by atoms with Gasteiger partial charge in [0.2, 0.25) is 0 Å². The highest BCUT2D eigenvalue weighted by Crippen LogP contribution is 2.34. The zero-order valence-electron chi connectivity index (χ0n) is 16.5. The number of benzene rings is 2. The number of esters is 1. The van der Waals surface area contributed by atoms with Crippen LogP contribution in [0.1, 0.15) is 25.0 Å². The molecule has 156 valence electrons. The molecule has 1 fully saturated rings. The van der Waals surface area contributed by atoms with E-state index in [1.54, 1.807) is 37.3 Å². The summed E-state index contributed by atoms with van der Waals surface area (Å²) >= 11 is 4.21. The maximum Gasteiger partial charge on any atom is 0.329 e. The minimum absolute atomic E-state index is 0.186. The highest BCUT2D eigenvalue weighted by atomic mass is 79.9. The first-order valence-electron chi connectivity index (χ1n) is 9.30. The van der Waals surface area contributed by atoms with E-state index in [1.165, 1.54) is 6.92 Å². The molecule has 2 aromatic carbocycles. The lowest BCUT2D eigenvalue weighted by atomic mass is 10.2. The largest absolute Gasteiger partial charge is 0.489 e. The Morgan fingerprint density at radius 3 is 2.43 bits per heavy atom. The highest BCUT2D eigenvalue weighted by molar-refractivity contribution is 9.10. The van der Waals surface area contributed by atoms with Gasteiger partial charge in [0.15, 0.2) is 0 Å². The van der Waals surface area contributed by atoms with Crippen LogP contribution in [-0.4, -0.2) is 34.7 Å². The quantitative estimate of drug-likeness (QED) is 0.401. The minimum atomic E-state index is -0.960. The predicted molar refractivity (Wildman–Crippen MR) is 119 cm³/mol. The molecular formula is C22H20BrNO5S. The summed E-state index contributed by atoms with van der Waals surface area (Å²) in [5, 5.41) is -0.485. The van der Waals surface area contributed by atoms with E-state index in [4.69, 9.17) is 9.47 Å². The fourth-order valence-corrected chi connectivity index (χ4v) is 3.91. The molecule has 0 radical (unpaired) electrons. The molecule has 0 N–H and O–H groups in total. The SMILES string of the molecule is CCOC(=O)[C@@H](C)N1C(=O)S/C(=C/c2ccc(OCc3ccc(Br)cc3)cc2)C1=O. The van der Waals surface area contributed by atoms with Crippen LogP contribution >= 0.6 is 27.7 Å². The Morgan fingerprint density at radius 2 is 1.80 bits per heavy atom. The number of carbonyl (C=O) groups excluding carboxylic acids is 3. The molecule has 0 spiro atoms. The molecule has 6 nitrogen and oxygen atoms in total. The molecule has 1 atom stereocenters. The third-order valence-corrected chi connectivity index (χ3v) is 5.75. The monoisotopic (exact) mass is 489 g/mol. The van der Waals surface area contributed by atoms with E-state index >= 15 is 0 Å². The number of hydrogen-bond acceptors (Lipinski definition) is 6. The van der Waals surface area contributed by atoms with Crippen molar-refractivity contribution < 1.29 is 23.9 Å². The molecule has 2 amide bonds. The number of halogens is 1. The highest BCUT2D eigenvalue weighted by Gasteiger charge is 2.41. The molecule has 1 aliphatic heterocycles. The molecule has 0 aromatic heterocycles. The van der Waals surface area contributed by atoms with Gasteiger partial charge >= 0.3 is 5.97 Å². The van der Waals surface area contributed by atoms with Gasteiger partial charge in [0.05, 0.1) is 11.5 Å². The number of hydrogen-bond donors (Lipinski definition) is 0. The first-order chi connectivity index (χ1) is 14.4. The molecule has 0 bridgehead atoms. The Morgan fingerprint density at radius 1 is 1.13 bits per heavy atom. The Bertz CT molecular complexity index is 972. The van der Waals surface area contributed by atoms with Gasteiger partial charge in [-0.1, -0.05) is 40.2 Å². The van der Waals surface area contributed by atoms with Crippen molar-refractivity contribution in [3.8, 4) is 5.75 Å². The van der Waals surface area contributed by atoms with Gasteiger partial charge in [0.25, 0.3) is 11.1 Å².